The summed E-state index contributed by atoms with van der Waals surface area (Å²) >= 11 is 0. The summed E-state index contributed by atoms with van der Waals surface area (Å²) in [6.45, 7) is 3.75. The second-order valence-corrected chi connectivity index (χ2v) is 6.36. The van der Waals surface area contributed by atoms with Crippen LogP contribution in [-0.4, -0.2) is 17.4 Å². The number of rotatable bonds is 4. The van der Waals surface area contributed by atoms with Gasteiger partial charge in [0.2, 0.25) is 5.91 Å². The van der Waals surface area contributed by atoms with Crippen LogP contribution in [0.25, 0.3) is 0 Å². The van der Waals surface area contributed by atoms with Crippen LogP contribution in [0.5, 0.6) is 0 Å². The molecule has 1 amide bonds. The minimum atomic E-state index is -4.47. The van der Waals surface area contributed by atoms with Gasteiger partial charge in [-0.1, -0.05) is 18.2 Å². The summed E-state index contributed by atoms with van der Waals surface area (Å²) in [6.07, 6.45) is -2.09. The van der Waals surface area contributed by atoms with Crippen LogP contribution >= 0.6 is 0 Å². The first-order valence-electron chi connectivity index (χ1n) is 8.45. The molecule has 2 heterocycles. The number of hydrogen-bond donors (Lipinski definition) is 2. The molecule has 0 unspecified atom stereocenters. The largest absolute Gasteiger partial charge is 0.416 e. The van der Waals surface area contributed by atoms with E-state index in [0.717, 1.165) is 42.4 Å². The van der Waals surface area contributed by atoms with E-state index in [-0.39, 0.29) is 18.5 Å². The van der Waals surface area contributed by atoms with Crippen molar-refractivity contribution in [2.45, 2.75) is 39.0 Å². The van der Waals surface area contributed by atoms with Gasteiger partial charge < -0.3 is 10.6 Å². The highest BCUT2D eigenvalue weighted by Crippen LogP contribution is 2.32. The summed E-state index contributed by atoms with van der Waals surface area (Å²) in [5.41, 5.74) is 3.28. The highest BCUT2D eigenvalue weighted by molar-refractivity contribution is 5.79. The molecule has 0 fully saturated rings. The first-order chi connectivity index (χ1) is 12.4. The number of carbonyl (C=O) groups excluding carboxylic acids is 1. The van der Waals surface area contributed by atoms with Gasteiger partial charge >= 0.3 is 6.18 Å². The van der Waals surface area contributed by atoms with Crippen LogP contribution in [0.4, 0.5) is 13.2 Å². The summed E-state index contributed by atoms with van der Waals surface area (Å²) in [4.78, 5) is 16.6. The smallest absolute Gasteiger partial charge is 0.352 e. The lowest BCUT2D eigenvalue weighted by atomic mass is 9.96. The molecule has 3 rings (SSSR count). The number of carbonyl (C=O) groups is 1. The summed E-state index contributed by atoms with van der Waals surface area (Å²) in [5.74, 6) is -0.437. The number of fused-ring (bicyclic) bond motifs is 1. The molecule has 138 valence electrons. The molecule has 2 aromatic rings. The molecule has 1 aliphatic heterocycles. The molecular weight excluding hydrogens is 343 g/mol. The third kappa shape index (κ3) is 4.04. The molecule has 1 aromatic carbocycles. The zero-order valence-corrected chi connectivity index (χ0v) is 14.4. The Kier molecular flexibility index (Phi) is 5.27. The predicted octanol–water partition coefficient (Wildman–Crippen LogP) is 2.91. The van der Waals surface area contributed by atoms with E-state index in [1.807, 2.05) is 13.1 Å². The van der Waals surface area contributed by atoms with Crippen LogP contribution in [0.3, 0.4) is 0 Å². The van der Waals surface area contributed by atoms with Crippen molar-refractivity contribution < 1.29 is 18.0 Å². The maximum atomic E-state index is 13.0. The van der Waals surface area contributed by atoms with Crippen molar-refractivity contribution in [2.24, 2.45) is 0 Å². The van der Waals surface area contributed by atoms with Gasteiger partial charge in [-0.25, -0.2) is 0 Å². The summed E-state index contributed by atoms with van der Waals surface area (Å²) in [6, 6.07) is 5.17. The van der Waals surface area contributed by atoms with Crippen molar-refractivity contribution in [1.82, 2.24) is 15.6 Å². The summed E-state index contributed by atoms with van der Waals surface area (Å²) < 4.78 is 39.1. The fraction of sp³-hybridized carbons (Fsp3) is 0.368. The molecule has 26 heavy (non-hydrogen) atoms. The molecule has 0 atom stereocenters. The minimum Gasteiger partial charge on any atom is -0.352 e. The SMILES string of the molecule is Cc1ncc2c(c1CNC(=O)Cc1ccccc1C(F)(F)F)CCNC2. The third-order valence-electron chi connectivity index (χ3n) is 4.61. The van der Waals surface area contributed by atoms with Crippen molar-refractivity contribution in [3.05, 3.63) is 64.0 Å². The van der Waals surface area contributed by atoms with E-state index in [4.69, 9.17) is 0 Å². The first-order valence-corrected chi connectivity index (χ1v) is 8.45. The second kappa shape index (κ2) is 7.45. The molecule has 0 spiro atoms. The van der Waals surface area contributed by atoms with Crippen LogP contribution < -0.4 is 10.6 Å². The fourth-order valence-corrected chi connectivity index (χ4v) is 3.25. The zero-order chi connectivity index (χ0) is 18.7. The number of nitrogens with one attached hydrogen (secondary N) is 2. The van der Waals surface area contributed by atoms with E-state index >= 15 is 0 Å². The number of pyridine rings is 1. The third-order valence-corrected chi connectivity index (χ3v) is 4.61. The number of aryl methyl sites for hydroxylation is 1. The predicted molar refractivity (Wildman–Crippen MR) is 91.4 cm³/mol. The van der Waals surface area contributed by atoms with Crippen LogP contribution in [-0.2, 0) is 36.9 Å². The van der Waals surface area contributed by atoms with Gasteiger partial charge in [0.15, 0.2) is 0 Å². The molecule has 0 radical (unpaired) electrons. The number of hydrogen-bond acceptors (Lipinski definition) is 3. The zero-order valence-electron chi connectivity index (χ0n) is 14.4. The van der Waals surface area contributed by atoms with E-state index in [2.05, 4.69) is 15.6 Å². The second-order valence-electron chi connectivity index (χ2n) is 6.36. The molecule has 0 saturated carbocycles. The maximum Gasteiger partial charge on any atom is 0.416 e. The Labute approximate surface area is 149 Å². The van der Waals surface area contributed by atoms with Crippen molar-refractivity contribution in [1.29, 1.82) is 0 Å². The maximum absolute atomic E-state index is 13.0. The normalized spacial score (nSPS) is 14.0. The average Bonchev–Trinajstić information content (AvgIpc) is 2.60. The summed E-state index contributed by atoms with van der Waals surface area (Å²) in [7, 11) is 0. The van der Waals surface area contributed by atoms with Crippen LogP contribution in [0, 0.1) is 6.92 Å². The topological polar surface area (TPSA) is 54.0 Å². The number of nitrogens with zero attached hydrogens (tertiary/aromatic N) is 1. The molecule has 0 aliphatic carbocycles. The highest BCUT2D eigenvalue weighted by atomic mass is 19.4. The monoisotopic (exact) mass is 363 g/mol. The Morgan fingerprint density at radius 2 is 2.08 bits per heavy atom. The first kappa shape index (κ1) is 18.4. The Bertz CT molecular complexity index is 818. The number of benzene rings is 1. The Balaban J connectivity index is 1.72. The van der Waals surface area contributed by atoms with Crippen molar-refractivity contribution in [3.8, 4) is 0 Å². The lowest BCUT2D eigenvalue weighted by Crippen LogP contribution is -2.29. The van der Waals surface area contributed by atoms with Gasteiger partial charge in [-0.2, -0.15) is 13.2 Å². The molecule has 0 bridgehead atoms. The average molecular weight is 363 g/mol. The quantitative estimate of drug-likeness (QED) is 0.878. The van der Waals surface area contributed by atoms with Crippen LogP contribution in [0.2, 0.25) is 0 Å². The van der Waals surface area contributed by atoms with Gasteiger partial charge in [-0.15, -0.1) is 0 Å². The van der Waals surface area contributed by atoms with E-state index < -0.39 is 17.6 Å². The van der Waals surface area contributed by atoms with Gasteiger partial charge in [0, 0.05) is 25.0 Å². The Morgan fingerprint density at radius 3 is 2.85 bits per heavy atom. The lowest BCUT2D eigenvalue weighted by Gasteiger charge is -2.21. The van der Waals surface area contributed by atoms with Gasteiger partial charge in [-0.3, -0.25) is 9.78 Å². The number of halogens is 3. The number of amides is 1. The fourth-order valence-electron chi connectivity index (χ4n) is 3.25. The standard InChI is InChI=1S/C19H20F3N3O/c1-12-16(15-6-7-23-9-14(15)10-24-12)11-25-18(26)8-13-4-2-3-5-17(13)19(20,21)22/h2-5,10,23H,6-9,11H2,1H3,(H,25,26). The molecule has 0 saturated heterocycles. The van der Waals surface area contributed by atoms with E-state index in [9.17, 15) is 18.0 Å². The number of alkyl halides is 3. The van der Waals surface area contributed by atoms with Gasteiger partial charge in [0.05, 0.1) is 12.0 Å². The highest BCUT2D eigenvalue weighted by Gasteiger charge is 2.33. The minimum absolute atomic E-state index is 0.0216. The molecule has 1 aliphatic rings. The lowest BCUT2D eigenvalue weighted by molar-refractivity contribution is -0.138. The van der Waals surface area contributed by atoms with Crippen LogP contribution in [0.1, 0.15) is 33.5 Å². The molecule has 7 heteroatoms. The van der Waals surface area contributed by atoms with Gasteiger partial charge in [0.25, 0.3) is 0 Å². The Morgan fingerprint density at radius 1 is 1.31 bits per heavy atom. The summed E-state index contributed by atoms with van der Waals surface area (Å²) in [5, 5.41) is 6.02. The van der Waals surface area contributed by atoms with Crippen molar-refractivity contribution in [2.75, 3.05) is 6.54 Å². The van der Waals surface area contributed by atoms with Gasteiger partial charge in [0.1, 0.15) is 0 Å². The van der Waals surface area contributed by atoms with Crippen LogP contribution in [0.15, 0.2) is 30.5 Å². The molecular formula is C19H20F3N3O. The van der Waals surface area contributed by atoms with E-state index in [1.54, 1.807) is 0 Å². The molecule has 2 N–H and O–H groups in total. The van der Waals surface area contributed by atoms with E-state index in [1.165, 1.54) is 23.8 Å². The van der Waals surface area contributed by atoms with Crippen molar-refractivity contribution >= 4 is 5.91 Å². The molecule has 1 aromatic heterocycles. The molecule has 4 nitrogen and oxygen atoms in total. The van der Waals surface area contributed by atoms with Crippen molar-refractivity contribution in [3.63, 3.8) is 0 Å². The van der Waals surface area contributed by atoms with E-state index in [0.29, 0.717) is 0 Å². The number of aromatic nitrogens is 1. The Hall–Kier alpha value is -2.41. The van der Waals surface area contributed by atoms with Gasteiger partial charge in [-0.05, 0) is 48.2 Å².